The SMILES string of the molecule is CCOC(=O)C1=C(C)NC(=O)N[C@@H]1c1ccc(OC)cc1OC. The molecule has 0 bridgehead atoms. The molecule has 7 nitrogen and oxygen atoms in total. The van der Waals surface area contributed by atoms with E-state index in [4.69, 9.17) is 14.2 Å². The Bertz CT molecular complexity index is 654. The first-order valence-electron chi connectivity index (χ1n) is 7.19. The normalized spacial score (nSPS) is 17.2. The highest BCUT2D eigenvalue weighted by molar-refractivity contribution is 5.95. The molecule has 0 fully saturated rings. The fourth-order valence-electron chi connectivity index (χ4n) is 2.46. The van der Waals surface area contributed by atoms with Gasteiger partial charge in [-0.25, -0.2) is 9.59 Å². The smallest absolute Gasteiger partial charge is 0.338 e. The fourth-order valence-corrected chi connectivity index (χ4v) is 2.46. The van der Waals surface area contributed by atoms with E-state index in [-0.39, 0.29) is 6.61 Å². The third kappa shape index (κ3) is 3.39. The summed E-state index contributed by atoms with van der Waals surface area (Å²) in [5.74, 6) is 0.635. The highest BCUT2D eigenvalue weighted by atomic mass is 16.5. The second kappa shape index (κ2) is 7.04. The van der Waals surface area contributed by atoms with Crippen LogP contribution in [0.15, 0.2) is 29.5 Å². The average molecular weight is 320 g/mol. The largest absolute Gasteiger partial charge is 0.497 e. The number of carbonyl (C=O) groups is 2. The molecule has 0 saturated carbocycles. The molecule has 1 aromatic rings. The van der Waals surface area contributed by atoms with Crippen molar-refractivity contribution in [2.45, 2.75) is 19.9 Å². The van der Waals surface area contributed by atoms with Gasteiger partial charge in [0.25, 0.3) is 0 Å². The van der Waals surface area contributed by atoms with Crippen LogP contribution in [-0.2, 0) is 9.53 Å². The topological polar surface area (TPSA) is 85.9 Å². The van der Waals surface area contributed by atoms with Gasteiger partial charge in [0.15, 0.2) is 0 Å². The van der Waals surface area contributed by atoms with Crippen LogP contribution in [0.25, 0.3) is 0 Å². The second-order valence-corrected chi connectivity index (χ2v) is 4.90. The van der Waals surface area contributed by atoms with Gasteiger partial charge in [-0.05, 0) is 26.0 Å². The van der Waals surface area contributed by atoms with Gasteiger partial charge >= 0.3 is 12.0 Å². The Morgan fingerprint density at radius 1 is 1.26 bits per heavy atom. The van der Waals surface area contributed by atoms with Gasteiger partial charge in [-0.1, -0.05) is 0 Å². The predicted molar refractivity (Wildman–Crippen MR) is 83.3 cm³/mol. The summed E-state index contributed by atoms with van der Waals surface area (Å²) in [6.45, 7) is 3.63. The Labute approximate surface area is 134 Å². The number of methoxy groups -OCH3 is 2. The molecule has 1 atom stereocenters. The maximum atomic E-state index is 12.3. The van der Waals surface area contributed by atoms with Gasteiger partial charge in [0, 0.05) is 17.3 Å². The molecule has 2 amide bonds. The first-order valence-corrected chi connectivity index (χ1v) is 7.19. The van der Waals surface area contributed by atoms with Gasteiger partial charge in [0.1, 0.15) is 11.5 Å². The summed E-state index contributed by atoms with van der Waals surface area (Å²) in [5, 5.41) is 5.33. The minimum atomic E-state index is -0.663. The van der Waals surface area contributed by atoms with Crippen molar-refractivity contribution < 1.29 is 23.8 Å². The molecule has 1 aliphatic rings. The number of hydrogen-bond acceptors (Lipinski definition) is 5. The van der Waals surface area contributed by atoms with Gasteiger partial charge < -0.3 is 24.8 Å². The lowest BCUT2D eigenvalue weighted by Gasteiger charge is -2.29. The molecule has 23 heavy (non-hydrogen) atoms. The number of amides is 2. The van der Waals surface area contributed by atoms with Crippen LogP contribution in [0.3, 0.4) is 0 Å². The van der Waals surface area contributed by atoms with E-state index >= 15 is 0 Å². The highest BCUT2D eigenvalue weighted by Gasteiger charge is 2.33. The summed E-state index contributed by atoms with van der Waals surface area (Å²) in [4.78, 5) is 24.1. The standard InChI is InChI=1S/C16H20N2O5/c1-5-23-15(19)13-9(2)17-16(20)18-14(13)11-7-6-10(21-3)8-12(11)22-4/h6-8,14H,5H2,1-4H3,(H2,17,18,20)/t14-/m1/s1. The summed E-state index contributed by atoms with van der Waals surface area (Å²) < 4.78 is 15.6. The lowest BCUT2D eigenvalue weighted by atomic mass is 9.94. The molecule has 0 radical (unpaired) electrons. The summed E-state index contributed by atoms with van der Waals surface area (Å²) in [7, 11) is 3.07. The third-order valence-corrected chi connectivity index (χ3v) is 3.52. The Morgan fingerprint density at radius 3 is 2.61 bits per heavy atom. The second-order valence-electron chi connectivity index (χ2n) is 4.90. The Balaban J connectivity index is 2.52. The van der Waals surface area contributed by atoms with Gasteiger partial charge in [-0.3, -0.25) is 0 Å². The van der Waals surface area contributed by atoms with E-state index in [1.165, 1.54) is 7.11 Å². The predicted octanol–water partition coefficient (Wildman–Crippen LogP) is 1.89. The van der Waals surface area contributed by atoms with Crippen molar-refractivity contribution in [3.05, 3.63) is 35.0 Å². The van der Waals surface area contributed by atoms with Gasteiger partial charge in [-0.15, -0.1) is 0 Å². The zero-order chi connectivity index (χ0) is 17.0. The molecular formula is C16H20N2O5. The number of ether oxygens (including phenoxy) is 3. The number of esters is 1. The van der Waals surface area contributed by atoms with Crippen molar-refractivity contribution in [1.82, 2.24) is 10.6 Å². The third-order valence-electron chi connectivity index (χ3n) is 3.52. The molecule has 2 N–H and O–H groups in total. The molecule has 7 heteroatoms. The molecule has 2 rings (SSSR count). The fraction of sp³-hybridized carbons (Fsp3) is 0.375. The van der Waals surface area contributed by atoms with Crippen LogP contribution >= 0.6 is 0 Å². The lowest BCUT2D eigenvalue weighted by Crippen LogP contribution is -2.45. The van der Waals surface area contributed by atoms with Crippen molar-refractivity contribution in [2.24, 2.45) is 0 Å². The lowest BCUT2D eigenvalue weighted by molar-refractivity contribution is -0.139. The van der Waals surface area contributed by atoms with E-state index in [9.17, 15) is 9.59 Å². The summed E-state index contributed by atoms with van der Waals surface area (Å²) in [6, 6.07) is 4.13. The molecule has 0 saturated heterocycles. The number of rotatable bonds is 5. The molecule has 0 aromatic heterocycles. The van der Waals surface area contributed by atoms with E-state index in [0.29, 0.717) is 28.3 Å². The zero-order valence-electron chi connectivity index (χ0n) is 13.6. The first kappa shape index (κ1) is 16.7. The quantitative estimate of drug-likeness (QED) is 0.809. The molecule has 0 aliphatic carbocycles. The Kier molecular flexibility index (Phi) is 5.10. The van der Waals surface area contributed by atoms with E-state index in [1.807, 2.05) is 0 Å². The van der Waals surface area contributed by atoms with Crippen molar-refractivity contribution >= 4 is 12.0 Å². The maximum Gasteiger partial charge on any atom is 0.338 e. The van der Waals surface area contributed by atoms with E-state index in [2.05, 4.69) is 10.6 Å². The van der Waals surface area contributed by atoms with E-state index in [0.717, 1.165) is 0 Å². The molecule has 1 heterocycles. The monoisotopic (exact) mass is 320 g/mol. The van der Waals surface area contributed by atoms with Crippen molar-refractivity contribution in [2.75, 3.05) is 20.8 Å². The molecule has 0 unspecified atom stereocenters. The van der Waals surface area contributed by atoms with E-state index in [1.54, 1.807) is 39.2 Å². The maximum absolute atomic E-state index is 12.3. The molecule has 124 valence electrons. The number of carbonyl (C=O) groups excluding carboxylic acids is 2. The van der Waals surface area contributed by atoms with Crippen LogP contribution in [0.2, 0.25) is 0 Å². The van der Waals surface area contributed by atoms with Gasteiger partial charge in [0.05, 0.1) is 32.4 Å². The summed E-state index contributed by atoms with van der Waals surface area (Å²) in [6.07, 6.45) is 0. The van der Waals surface area contributed by atoms with Crippen LogP contribution in [0.1, 0.15) is 25.5 Å². The van der Waals surface area contributed by atoms with Crippen LogP contribution < -0.4 is 20.1 Å². The number of benzene rings is 1. The van der Waals surface area contributed by atoms with Gasteiger partial charge in [-0.2, -0.15) is 0 Å². The Morgan fingerprint density at radius 2 is 2.00 bits per heavy atom. The van der Waals surface area contributed by atoms with Crippen molar-refractivity contribution in [3.8, 4) is 11.5 Å². The van der Waals surface area contributed by atoms with Gasteiger partial charge in [0.2, 0.25) is 0 Å². The molecule has 0 spiro atoms. The zero-order valence-corrected chi connectivity index (χ0v) is 13.6. The summed E-state index contributed by atoms with van der Waals surface area (Å²) in [5.41, 5.74) is 1.44. The molecule has 1 aliphatic heterocycles. The molecule has 1 aromatic carbocycles. The van der Waals surface area contributed by atoms with Crippen LogP contribution in [0.4, 0.5) is 4.79 Å². The molecular weight excluding hydrogens is 300 g/mol. The Hall–Kier alpha value is -2.70. The van der Waals surface area contributed by atoms with Crippen molar-refractivity contribution in [3.63, 3.8) is 0 Å². The minimum absolute atomic E-state index is 0.246. The summed E-state index contributed by atoms with van der Waals surface area (Å²) >= 11 is 0. The number of urea groups is 1. The number of nitrogens with one attached hydrogen (secondary N) is 2. The minimum Gasteiger partial charge on any atom is -0.497 e. The van der Waals surface area contributed by atoms with Crippen LogP contribution in [0, 0.1) is 0 Å². The van der Waals surface area contributed by atoms with Crippen LogP contribution in [0.5, 0.6) is 11.5 Å². The highest BCUT2D eigenvalue weighted by Crippen LogP contribution is 2.35. The van der Waals surface area contributed by atoms with E-state index < -0.39 is 18.0 Å². The van der Waals surface area contributed by atoms with Crippen molar-refractivity contribution in [1.29, 1.82) is 0 Å². The number of allylic oxidation sites excluding steroid dienone is 1. The number of hydrogen-bond donors (Lipinski definition) is 2. The first-order chi connectivity index (χ1) is 11.0. The average Bonchev–Trinajstić information content (AvgIpc) is 2.53. The van der Waals surface area contributed by atoms with Crippen LogP contribution in [-0.4, -0.2) is 32.8 Å².